The van der Waals surface area contributed by atoms with Gasteiger partial charge in [0.25, 0.3) is 0 Å². The molecular formula is C26H28N4O. The normalized spacial score (nSPS) is 17.4. The highest BCUT2D eigenvalue weighted by atomic mass is 16.2. The zero-order chi connectivity index (χ0) is 21.5. The molecule has 1 amide bonds. The Labute approximate surface area is 184 Å². The topological polar surface area (TPSA) is 49.3 Å². The predicted octanol–water partition coefficient (Wildman–Crippen LogP) is 3.83. The molecular weight excluding hydrogens is 384 g/mol. The Morgan fingerprint density at radius 2 is 1.74 bits per heavy atom. The van der Waals surface area contributed by atoms with Crippen LogP contribution >= 0.6 is 0 Å². The highest BCUT2D eigenvalue weighted by Crippen LogP contribution is 2.22. The van der Waals surface area contributed by atoms with E-state index in [1.54, 1.807) is 6.20 Å². The van der Waals surface area contributed by atoms with Crippen LogP contribution in [0.4, 0.5) is 0 Å². The first kappa shape index (κ1) is 20.9. The largest absolute Gasteiger partial charge is 0.337 e. The highest BCUT2D eigenvalue weighted by Gasteiger charge is 2.30. The Morgan fingerprint density at radius 1 is 0.935 bits per heavy atom. The quantitative estimate of drug-likeness (QED) is 0.554. The smallest absolute Gasteiger partial charge is 0.227 e. The Morgan fingerprint density at radius 3 is 2.45 bits per heavy atom. The summed E-state index contributed by atoms with van der Waals surface area (Å²) in [6, 6.07) is 16.6. The molecule has 0 saturated carbocycles. The molecule has 1 saturated heterocycles. The lowest BCUT2D eigenvalue weighted by Crippen LogP contribution is -2.37. The zero-order valence-electron chi connectivity index (χ0n) is 17.7. The van der Waals surface area contributed by atoms with E-state index < -0.39 is 0 Å². The van der Waals surface area contributed by atoms with Crippen molar-refractivity contribution >= 4 is 5.91 Å². The van der Waals surface area contributed by atoms with Crippen LogP contribution in [-0.2, 0) is 17.8 Å². The van der Waals surface area contributed by atoms with Gasteiger partial charge in [-0.05, 0) is 46.9 Å². The van der Waals surface area contributed by atoms with E-state index >= 15 is 0 Å². The van der Waals surface area contributed by atoms with Crippen LogP contribution in [0.3, 0.4) is 0 Å². The van der Waals surface area contributed by atoms with Gasteiger partial charge >= 0.3 is 0 Å². The fourth-order valence-corrected chi connectivity index (χ4v) is 4.14. The van der Waals surface area contributed by atoms with Gasteiger partial charge in [-0.25, -0.2) is 0 Å². The van der Waals surface area contributed by atoms with E-state index in [9.17, 15) is 4.79 Å². The minimum atomic E-state index is -0.0754. The van der Waals surface area contributed by atoms with E-state index in [1.165, 1.54) is 11.1 Å². The van der Waals surface area contributed by atoms with E-state index in [-0.39, 0.29) is 11.8 Å². The van der Waals surface area contributed by atoms with Crippen LogP contribution in [0.2, 0.25) is 0 Å². The maximum Gasteiger partial charge on any atom is 0.227 e. The van der Waals surface area contributed by atoms with Gasteiger partial charge in [0.15, 0.2) is 0 Å². The van der Waals surface area contributed by atoms with Gasteiger partial charge in [0, 0.05) is 57.5 Å². The third kappa shape index (κ3) is 5.44. The van der Waals surface area contributed by atoms with Crippen molar-refractivity contribution in [2.24, 2.45) is 5.92 Å². The number of carbonyl (C=O) groups is 1. The fourth-order valence-electron chi connectivity index (χ4n) is 4.14. The molecule has 4 rings (SSSR count). The number of hydrogen-bond acceptors (Lipinski definition) is 4. The van der Waals surface area contributed by atoms with Crippen molar-refractivity contribution in [3.05, 3.63) is 97.1 Å². The molecule has 0 radical (unpaired) electrons. The maximum atomic E-state index is 13.3. The van der Waals surface area contributed by atoms with Crippen LogP contribution in [0.1, 0.15) is 11.1 Å². The second-order valence-corrected chi connectivity index (χ2v) is 8.00. The maximum absolute atomic E-state index is 13.3. The molecule has 3 heterocycles. The molecule has 158 valence electrons. The van der Waals surface area contributed by atoms with Gasteiger partial charge in [0.1, 0.15) is 0 Å². The molecule has 1 atom stereocenters. The SMILES string of the molecule is C=CCN1CCN(Cc2ccncc2)CC(Cc2ccc(-c3cccnc3)cc2)C1=O. The summed E-state index contributed by atoms with van der Waals surface area (Å²) in [7, 11) is 0. The van der Waals surface area contributed by atoms with E-state index in [4.69, 9.17) is 0 Å². The van der Waals surface area contributed by atoms with Gasteiger partial charge in [-0.15, -0.1) is 6.58 Å². The van der Waals surface area contributed by atoms with Crippen LogP contribution < -0.4 is 0 Å². The van der Waals surface area contributed by atoms with E-state index in [0.717, 1.165) is 43.7 Å². The first-order valence-corrected chi connectivity index (χ1v) is 10.7. The Hall–Kier alpha value is -3.31. The average Bonchev–Trinajstić information content (AvgIpc) is 2.95. The van der Waals surface area contributed by atoms with Crippen molar-refractivity contribution in [1.29, 1.82) is 0 Å². The molecule has 3 aromatic rings. The molecule has 1 fully saturated rings. The molecule has 5 nitrogen and oxygen atoms in total. The van der Waals surface area contributed by atoms with Crippen molar-refractivity contribution in [3.63, 3.8) is 0 Å². The molecule has 1 aliphatic rings. The summed E-state index contributed by atoms with van der Waals surface area (Å²) >= 11 is 0. The van der Waals surface area contributed by atoms with Crippen LogP contribution in [0.15, 0.2) is 86.0 Å². The molecule has 1 unspecified atom stereocenters. The van der Waals surface area contributed by atoms with Gasteiger partial charge in [0.2, 0.25) is 5.91 Å². The monoisotopic (exact) mass is 412 g/mol. The molecule has 5 heteroatoms. The minimum absolute atomic E-state index is 0.0754. The van der Waals surface area contributed by atoms with Gasteiger partial charge < -0.3 is 4.90 Å². The number of benzene rings is 1. The van der Waals surface area contributed by atoms with Gasteiger partial charge in [-0.1, -0.05) is 36.4 Å². The molecule has 0 aliphatic carbocycles. The Balaban J connectivity index is 1.50. The summed E-state index contributed by atoms with van der Waals surface area (Å²) in [6.07, 6.45) is 9.84. The second kappa shape index (κ2) is 10.1. The molecule has 31 heavy (non-hydrogen) atoms. The summed E-state index contributed by atoms with van der Waals surface area (Å²) in [6.45, 7) is 7.59. The van der Waals surface area contributed by atoms with Gasteiger partial charge in [-0.3, -0.25) is 19.7 Å². The summed E-state index contributed by atoms with van der Waals surface area (Å²) in [4.78, 5) is 25.9. The number of hydrogen-bond donors (Lipinski definition) is 0. The van der Waals surface area contributed by atoms with Crippen LogP contribution in [0, 0.1) is 5.92 Å². The van der Waals surface area contributed by atoms with Crippen LogP contribution in [0.5, 0.6) is 0 Å². The fraction of sp³-hybridized carbons (Fsp3) is 0.269. The summed E-state index contributed by atoms with van der Waals surface area (Å²) in [5.74, 6) is 0.141. The second-order valence-electron chi connectivity index (χ2n) is 8.00. The standard InChI is InChI=1S/C26H28N4O/c1-2-14-30-16-15-29(19-22-9-12-27-13-10-22)20-25(26(30)31)17-21-5-7-23(8-6-21)24-4-3-11-28-18-24/h2-13,18,25H,1,14-17,19-20H2. The number of nitrogens with zero attached hydrogens (tertiary/aromatic N) is 4. The zero-order valence-corrected chi connectivity index (χ0v) is 17.7. The van der Waals surface area contributed by atoms with E-state index in [0.29, 0.717) is 6.54 Å². The van der Waals surface area contributed by atoms with E-state index in [2.05, 4.69) is 51.8 Å². The Kier molecular flexibility index (Phi) is 6.85. The third-order valence-corrected chi connectivity index (χ3v) is 5.76. The third-order valence-electron chi connectivity index (χ3n) is 5.76. The number of pyridine rings is 2. The summed E-state index contributed by atoms with van der Waals surface area (Å²) < 4.78 is 0. The lowest BCUT2D eigenvalue weighted by molar-refractivity contribution is -0.134. The van der Waals surface area contributed by atoms with Gasteiger partial charge in [0.05, 0.1) is 5.92 Å². The lowest BCUT2D eigenvalue weighted by Gasteiger charge is -2.23. The van der Waals surface area contributed by atoms with Crippen molar-refractivity contribution in [2.45, 2.75) is 13.0 Å². The molecule has 0 N–H and O–H groups in total. The van der Waals surface area contributed by atoms with Crippen LogP contribution in [-0.4, -0.2) is 51.9 Å². The molecule has 1 aromatic carbocycles. The number of aromatic nitrogens is 2. The van der Waals surface area contributed by atoms with Crippen molar-refractivity contribution in [2.75, 3.05) is 26.2 Å². The first-order chi connectivity index (χ1) is 15.2. The van der Waals surface area contributed by atoms with Gasteiger partial charge in [-0.2, -0.15) is 0 Å². The number of carbonyl (C=O) groups excluding carboxylic acids is 1. The molecule has 1 aliphatic heterocycles. The Bertz CT molecular complexity index is 989. The lowest BCUT2D eigenvalue weighted by atomic mass is 9.96. The van der Waals surface area contributed by atoms with Crippen molar-refractivity contribution in [3.8, 4) is 11.1 Å². The highest BCUT2D eigenvalue weighted by molar-refractivity contribution is 5.80. The number of rotatable bonds is 7. The minimum Gasteiger partial charge on any atom is -0.337 e. The summed E-state index contributed by atoms with van der Waals surface area (Å²) in [5, 5.41) is 0. The molecule has 2 aromatic heterocycles. The van der Waals surface area contributed by atoms with Crippen LogP contribution in [0.25, 0.3) is 11.1 Å². The van der Waals surface area contributed by atoms with Crippen molar-refractivity contribution in [1.82, 2.24) is 19.8 Å². The van der Waals surface area contributed by atoms with E-state index in [1.807, 2.05) is 47.8 Å². The molecule has 0 bridgehead atoms. The molecule has 0 spiro atoms. The predicted molar refractivity (Wildman–Crippen MR) is 123 cm³/mol. The number of amides is 1. The first-order valence-electron chi connectivity index (χ1n) is 10.7. The average molecular weight is 413 g/mol. The van der Waals surface area contributed by atoms with Crippen molar-refractivity contribution < 1.29 is 4.79 Å². The summed E-state index contributed by atoms with van der Waals surface area (Å²) in [5.41, 5.74) is 4.63.